The first-order chi connectivity index (χ1) is 5.40. The largest absolute Gasteiger partial charge is 0.481 e. The zero-order valence-corrected chi connectivity index (χ0v) is 6.52. The maximum atomic E-state index is 8.57. The van der Waals surface area contributed by atoms with E-state index < -0.39 is 0 Å². The second-order valence-electron chi connectivity index (χ2n) is 2.18. The van der Waals surface area contributed by atoms with Gasteiger partial charge in [0.25, 0.3) is 0 Å². The molecular weight excluding hydrogens is 158 g/mol. The van der Waals surface area contributed by atoms with E-state index in [1.807, 2.05) is 12.1 Å². The Morgan fingerprint density at radius 3 is 3.27 bits per heavy atom. The van der Waals surface area contributed by atoms with Crippen molar-refractivity contribution >= 4 is 11.8 Å². The third kappa shape index (κ3) is 1.06. The van der Waals surface area contributed by atoms with Crippen LogP contribution in [0.1, 0.15) is 5.56 Å². The van der Waals surface area contributed by atoms with Gasteiger partial charge in [-0.1, -0.05) is 11.8 Å². The molecule has 1 aliphatic rings. The van der Waals surface area contributed by atoms with Gasteiger partial charge in [0.15, 0.2) is 0 Å². The molecule has 2 rings (SSSR count). The first-order valence-electron chi connectivity index (χ1n) is 3.20. The lowest BCUT2D eigenvalue weighted by atomic mass is 10.2. The average molecular weight is 163 g/mol. The Labute approximate surface area is 68.8 Å². The molecule has 0 radical (unpaired) electrons. The van der Waals surface area contributed by atoms with E-state index in [4.69, 9.17) is 10.00 Å². The molecule has 0 aliphatic carbocycles. The van der Waals surface area contributed by atoms with Crippen LogP contribution in [-0.4, -0.2) is 5.94 Å². The number of rotatable bonds is 0. The average Bonchev–Trinajstić information content (AvgIpc) is 2.50. The fourth-order valence-corrected chi connectivity index (χ4v) is 1.76. The molecule has 1 heterocycles. The van der Waals surface area contributed by atoms with Crippen LogP contribution in [0.2, 0.25) is 0 Å². The van der Waals surface area contributed by atoms with E-state index in [9.17, 15) is 0 Å². The van der Waals surface area contributed by atoms with Crippen molar-refractivity contribution < 1.29 is 4.74 Å². The molecule has 54 valence electrons. The van der Waals surface area contributed by atoms with Crippen molar-refractivity contribution in [1.29, 1.82) is 5.26 Å². The monoisotopic (exact) mass is 163 g/mol. The second-order valence-corrected chi connectivity index (χ2v) is 3.14. The molecular formula is C8H5NOS. The van der Waals surface area contributed by atoms with Crippen molar-refractivity contribution in [2.45, 2.75) is 4.90 Å². The van der Waals surface area contributed by atoms with Gasteiger partial charge in [0.2, 0.25) is 0 Å². The van der Waals surface area contributed by atoms with E-state index in [2.05, 4.69) is 6.07 Å². The van der Waals surface area contributed by atoms with Crippen LogP contribution in [-0.2, 0) is 0 Å². The standard InChI is InChI=1S/C8H5NOS/c9-4-6-1-2-7-8(3-6)11-5-10-7/h1-3H,5H2. The highest BCUT2D eigenvalue weighted by atomic mass is 32.2. The molecule has 0 aromatic heterocycles. The Morgan fingerprint density at radius 1 is 1.55 bits per heavy atom. The van der Waals surface area contributed by atoms with Crippen molar-refractivity contribution in [3.8, 4) is 11.8 Å². The molecule has 1 aliphatic heterocycles. The SMILES string of the molecule is N#Cc1ccc2c(c1)SCO2. The number of nitriles is 1. The maximum Gasteiger partial charge on any atom is 0.138 e. The van der Waals surface area contributed by atoms with Crippen molar-refractivity contribution in [3.63, 3.8) is 0 Å². The molecule has 0 bridgehead atoms. The first-order valence-corrected chi connectivity index (χ1v) is 4.18. The van der Waals surface area contributed by atoms with E-state index in [0.717, 1.165) is 10.6 Å². The summed E-state index contributed by atoms with van der Waals surface area (Å²) in [5.74, 6) is 1.57. The Hall–Kier alpha value is -1.14. The first kappa shape index (κ1) is 6.56. The fourth-order valence-electron chi connectivity index (χ4n) is 0.966. The Bertz CT molecular complexity index is 329. The van der Waals surface area contributed by atoms with Crippen LogP contribution < -0.4 is 4.74 Å². The molecule has 0 unspecified atom stereocenters. The minimum atomic E-state index is 0.671. The van der Waals surface area contributed by atoms with Gasteiger partial charge in [0.1, 0.15) is 11.7 Å². The number of thioether (sulfide) groups is 1. The number of nitrogens with zero attached hydrogens (tertiary/aromatic N) is 1. The summed E-state index contributed by atoms with van der Waals surface area (Å²) in [5, 5.41) is 8.57. The topological polar surface area (TPSA) is 33.0 Å². The molecule has 1 aromatic carbocycles. The summed E-state index contributed by atoms with van der Waals surface area (Å²) in [6.45, 7) is 0. The zero-order valence-electron chi connectivity index (χ0n) is 5.70. The highest BCUT2D eigenvalue weighted by Crippen LogP contribution is 2.36. The number of fused-ring (bicyclic) bond motifs is 1. The molecule has 2 nitrogen and oxygen atoms in total. The number of ether oxygens (including phenoxy) is 1. The quantitative estimate of drug-likeness (QED) is 0.586. The Morgan fingerprint density at radius 2 is 2.45 bits per heavy atom. The van der Waals surface area contributed by atoms with Gasteiger partial charge in [0.05, 0.1) is 16.5 Å². The lowest BCUT2D eigenvalue weighted by Crippen LogP contribution is -1.81. The highest BCUT2D eigenvalue weighted by Gasteiger charge is 2.11. The molecule has 0 atom stereocenters. The van der Waals surface area contributed by atoms with E-state index in [-0.39, 0.29) is 0 Å². The molecule has 0 saturated carbocycles. The minimum absolute atomic E-state index is 0.671. The van der Waals surface area contributed by atoms with E-state index >= 15 is 0 Å². The summed E-state index contributed by atoms with van der Waals surface area (Å²) in [6.07, 6.45) is 0. The van der Waals surface area contributed by atoms with Gasteiger partial charge in [-0.15, -0.1) is 0 Å². The Balaban J connectivity index is 2.51. The summed E-state index contributed by atoms with van der Waals surface area (Å²) in [7, 11) is 0. The highest BCUT2D eigenvalue weighted by molar-refractivity contribution is 7.99. The fraction of sp³-hybridized carbons (Fsp3) is 0.125. The van der Waals surface area contributed by atoms with E-state index in [0.29, 0.717) is 11.5 Å². The van der Waals surface area contributed by atoms with Crippen molar-refractivity contribution in [1.82, 2.24) is 0 Å². The lowest BCUT2D eigenvalue weighted by Gasteiger charge is -1.94. The molecule has 1 aromatic rings. The van der Waals surface area contributed by atoms with Crippen LogP contribution in [0.3, 0.4) is 0 Å². The third-order valence-corrected chi connectivity index (χ3v) is 2.37. The second kappa shape index (κ2) is 2.48. The van der Waals surface area contributed by atoms with Crippen LogP contribution in [0.15, 0.2) is 23.1 Å². The molecule has 11 heavy (non-hydrogen) atoms. The molecule has 0 saturated heterocycles. The summed E-state index contributed by atoms with van der Waals surface area (Å²) in [6, 6.07) is 7.55. The van der Waals surface area contributed by atoms with Gasteiger partial charge in [0, 0.05) is 0 Å². The van der Waals surface area contributed by atoms with E-state index in [1.165, 1.54) is 0 Å². The summed E-state index contributed by atoms with van der Waals surface area (Å²) in [5.41, 5.74) is 0.696. The van der Waals surface area contributed by atoms with Gasteiger partial charge >= 0.3 is 0 Å². The summed E-state index contributed by atoms with van der Waals surface area (Å²) in [4.78, 5) is 1.07. The smallest absolute Gasteiger partial charge is 0.138 e. The normalized spacial score (nSPS) is 13.4. The lowest BCUT2D eigenvalue weighted by molar-refractivity contribution is 0.397. The molecule has 0 fully saturated rings. The predicted molar refractivity (Wildman–Crippen MR) is 42.5 cm³/mol. The van der Waals surface area contributed by atoms with Crippen LogP contribution in [0.4, 0.5) is 0 Å². The zero-order chi connectivity index (χ0) is 7.68. The maximum absolute atomic E-state index is 8.57. The van der Waals surface area contributed by atoms with E-state index in [1.54, 1.807) is 17.8 Å². The molecule has 0 amide bonds. The van der Waals surface area contributed by atoms with Crippen LogP contribution in [0.5, 0.6) is 5.75 Å². The van der Waals surface area contributed by atoms with Gasteiger partial charge in [-0.3, -0.25) is 0 Å². The number of hydrogen-bond donors (Lipinski definition) is 0. The van der Waals surface area contributed by atoms with Gasteiger partial charge < -0.3 is 4.74 Å². The summed E-state index contributed by atoms with van der Waals surface area (Å²) < 4.78 is 5.25. The molecule has 0 spiro atoms. The predicted octanol–water partition coefficient (Wildman–Crippen LogP) is 2.00. The summed E-state index contributed by atoms with van der Waals surface area (Å²) >= 11 is 1.62. The third-order valence-electron chi connectivity index (χ3n) is 1.50. The van der Waals surface area contributed by atoms with Crippen LogP contribution in [0.25, 0.3) is 0 Å². The number of benzene rings is 1. The van der Waals surface area contributed by atoms with Crippen LogP contribution in [0, 0.1) is 11.3 Å². The van der Waals surface area contributed by atoms with Gasteiger partial charge in [-0.2, -0.15) is 5.26 Å². The Kier molecular flexibility index (Phi) is 1.48. The minimum Gasteiger partial charge on any atom is -0.481 e. The van der Waals surface area contributed by atoms with Crippen molar-refractivity contribution in [2.24, 2.45) is 0 Å². The molecule has 3 heteroatoms. The number of hydrogen-bond acceptors (Lipinski definition) is 3. The van der Waals surface area contributed by atoms with Crippen molar-refractivity contribution in [3.05, 3.63) is 23.8 Å². The van der Waals surface area contributed by atoms with Gasteiger partial charge in [-0.25, -0.2) is 0 Å². The molecule has 0 N–H and O–H groups in total. The van der Waals surface area contributed by atoms with Crippen LogP contribution >= 0.6 is 11.8 Å². The van der Waals surface area contributed by atoms with Gasteiger partial charge in [-0.05, 0) is 18.2 Å². The van der Waals surface area contributed by atoms with Crippen molar-refractivity contribution in [2.75, 3.05) is 5.94 Å².